The predicted octanol–water partition coefficient (Wildman–Crippen LogP) is 2.12. The molecule has 0 aromatic heterocycles. The molecule has 3 heteroatoms. The van der Waals surface area contributed by atoms with Gasteiger partial charge in [-0.25, -0.2) is 0 Å². The average Bonchev–Trinajstić information content (AvgIpc) is 2.30. The van der Waals surface area contributed by atoms with Gasteiger partial charge in [-0.2, -0.15) is 0 Å². The number of hydrogen-bond donors (Lipinski definition) is 2. The molecule has 16 heavy (non-hydrogen) atoms. The molecule has 0 spiro atoms. The monoisotopic (exact) mass is 224 g/mol. The lowest BCUT2D eigenvalue weighted by atomic mass is 9.97. The lowest BCUT2D eigenvalue weighted by Crippen LogP contribution is -2.31. The number of nitrogens with two attached hydrogens (primary N) is 1. The Bertz CT molecular complexity index is 248. The molecule has 0 fully saturated rings. The molecule has 0 bridgehead atoms. The predicted molar refractivity (Wildman–Crippen MR) is 67.1 cm³/mol. The van der Waals surface area contributed by atoms with E-state index < -0.39 is 0 Å². The lowest BCUT2D eigenvalue weighted by Gasteiger charge is -2.13. The van der Waals surface area contributed by atoms with Gasteiger partial charge in [0.15, 0.2) is 0 Å². The minimum absolute atomic E-state index is 0.00824. The van der Waals surface area contributed by atoms with E-state index in [2.05, 4.69) is 11.4 Å². The molecule has 0 saturated carbocycles. The van der Waals surface area contributed by atoms with E-state index in [1.54, 1.807) is 0 Å². The Labute approximate surface area is 98.5 Å². The number of rotatable bonds is 6. The molecule has 0 aromatic rings. The molecule has 1 rings (SSSR count). The largest absolute Gasteiger partial charge is 0.356 e. The molecule has 0 saturated heterocycles. The van der Waals surface area contributed by atoms with Gasteiger partial charge in [-0.1, -0.05) is 18.6 Å². The van der Waals surface area contributed by atoms with Crippen LogP contribution in [-0.4, -0.2) is 18.5 Å². The topological polar surface area (TPSA) is 55.1 Å². The SMILES string of the molecule is CCC(N)CC(=O)NCCC1=CCCCC1. The summed E-state index contributed by atoms with van der Waals surface area (Å²) in [6.07, 6.45) is 9.70. The smallest absolute Gasteiger partial charge is 0.221 e. The summed E-state index contributed by atoms with van der Waals surface area (Å²) < 4.78 is 0. The van der Waals surface area contributed by atoms with Gasteiger partial charge in [0.05, 0.1) is 0 Å². The standard InChI is InChI=1S/C13H24N2O/c1-2-12(14)10-13(16)15-9-8-11-6-4-3-5-7-11/h6,12H,2-5,7-10,14H2,1H3,(H,15,16). The van der Waals surface area contributed by atoms with Crippen LogP contribution < -0.4 is 11.1 Å². The van der Waals surface area contributed by atoms with Crippen LogP contribution in [0.2, 0.25) is 0 Å². The first-order valence-electron chi connectivity index (χ1n) is 6.42. The molecule has 0 aromatic carbocycles. The maximum absolute atomic E-state index is 11.4. The van der Waals surface area contributed by atoms with Crippen LogP contribution in [0.4, 0.5) is 0 Å². The molecule has 1 unspecified atom stereocenters. The van der Waals surface area contributed by atoms with Crippen molar-refractivity contribution in [2.75, 3.05) is 6.54 Å². The maximum Gasteiger partial charge on any atom is 0.221 e. The second-order valence-corrected chi connectivity index (χ2v) is 4.58. The van der Waals surface area contributed by atoms with E-state index in [1.807, 2.05) is 6.92 Å². The Balaban J connectivity index is 2.10. The Hall–Kier alpha value is -0.830. The quantitative estimate of drug-likeness (QED) is 0.679. The second kappa shape index (κ2) is 7.44. The highest BCUT2D eigenvalue weighted by Gasteiger charge is 2.08. The summed E-state index contributed by atoms with van der Waals surface area (Å²) >= 11 is 0. The second-order valence-electron chi connectivity index (χ2n) is 4.58. The number of carbonyl (C=O) groups is 1. The first kappa shape index (κ1) is 13.2. The van der Waals surface area contributed by atoms with Crippen molar-refractivity contribution in [3.63, 3.8) is 0 Å². The van der Waals surface area contributed by atoms with Crippen molar-refractivity contribution in [2.24, 2.45) is 5.73 Å². The Morgan fingerprint density at radius 2 is 2.38 bits per heavy atom. The third-order valence-corrected chi connectivity index (χ3v) is 3.13. The highest BCUT2D eigenvalue weighted by atomic mass is 16.1. The molecule has 3 nitrogen and oxygen atoms in total. The highest BCUT2D eigenvalue weighted by Crippen LogP contribution is 2.19. The summed E-state index contributed by atoms with van der Waals surface area (Å²) in [6, 6.07) is 0.00824. The van der Waals surface area contributed by atoms with Crippen molar-refractivity contribution in [2.45, 2.75) is 57.9 Å². The molecule has 1 aliphatic carbocycles. The molecule has 3 N–H and O–H groups in total. The van der Waals surface area contributed by atoms with E-state index in [-0.39, 0.29) is 11.9 Å². The third kappa shape index (κ3) is 5.31. The van der Waals surface area contributed by atoms with Gasteiger partial charge in [-0.15, -0.1) is 0 Å². The molecule has 92 valence electrons. The van der Waals surface area contributed by atoms with Crippen molar-refractivity contribution in [1.82, 2.24) is 5.32 Å². The van der Waals surface area contributed by atoms with E-state index >= 15 is 0 Å². The Morgan fingerprint density at radius 1 is 1.56 bits per heavy atom. The number of hydrogen-bond acceptors (Lipinski definition) is 2. The molecular weight excluding hydrogens is 200 g/mol. The summed E-state index contributed by atoms with van der Waals surface area (Å²) in [7, 11) is 0. The fraction of sp³-hybridized carbons (Fsp3) is 0.769. The molecule has 1 amide bonds. The zero-order valence-corrected chi connectivity index (χ0v) is 10.3. The average molecular weight is 224 g/mol. The summed E-state index contributed by atoms with van der Waals surface area (Å²) in [5.41, 5.74) is 7.22. The van der Waals surface area contributed by atoms with Crippen molar-refractivity contribution >= 4 is 5.91 Å². The van der Waals surface area contributed by atoms with Gasteiger partial charge in [0.25, 0.3) is 0 Å². The van der Waals surface area contributed by atoms with Crippen LogP contribution in [0.25, 0.3) is 0 Å². The van der Waals surface area contributed by atoms with Crippen LogP contribution >= 0.6 is 0 Å². The van der Waals surface area contributed by atoms with Gasteiger partial charge in [0.1, 0.15) is 0 Å². The first-order chi connectivity index (χ1) is 7.72. The molecule has 0 aliphatic heterocycles. The van der Waals surface area contributed by atoms with Crippen molar-refractivity contribution in [3.8, 4) is 0 Å². The van der Waals surface area contributed by atoms with Crippen LogP contribution in [0.1, 0.15) is 51.9 Å². The third-order valence-electron chi connectivity index (χ3n) is 3.13. The van der Waals surface area contributed by atoms with Crippen molar-refractivity contribution in [3.05, 3.63) is 11.6 Å². The van der Waals surface area contributed by atoms with Crippen LogP contribution in [0.15, 0.2) is 11.6 Å². The van der Waals surface area contributed by atoms with Crippen LogP contribution in [-0.2, 0) is 4.79 Å². The molecule has 1 aliphatic rings. The Morgan fingerprint density at radius 3 is 3.00 bits per heavy atom. The number of nitrogens with one attached hydrogen (secondary N) is 1. The number of allylic oxidation sites excluding steroid dienone is 1. The Kier molecular flexibility index (Phi) is 6.16. The normalized spacial score (nSPS) is 17.8. The molecule has 0 radical (unpaired) electrons. The summed E-state index contributed by atoms with van der Waals surface area (Å²) in [5.74, 6) is 0.0887. The van der Waals surface area contributed by atoms with Gasteiger partial charge >= 0.3 is 0 Å². The number of carbonyl (C=O) groups excluding carboxylic acids is 1. The van der Waals surface area contributed by atoms with E-state index in [4.69, 9.17) is 5.73 Å². The minimum Gasteiger partial charge on any atom is -0.356 e. The summed E-state index contributed by atoms with van der Waals surface area (Å²) in [5, 5.41) is 2.94. The van der Waals surface area contributed by atoms with E-state index in [0.717, 1.165) is 19.4 Å². The summed E-state index contributed by atoms with van der Waals surface area (Å²) in [4.78, 5) is 11.4. The van der Waals surface area contributed by atoms with Crippen LogP contribution in [0.3, 0.4) is 0 Å². The van der Waals surface area contributed by atoms with E-state index in [0.29, 0.717) is 6.42 Å². The van der Waals surface area contributed by atoms with E-state index in [1.165, 1.54) is 31.3 Å². The fourth-order valence-electron chi connectivity index (χ4n) is 1.95. The fourth-order valence-corrected chi connectivity index (χ4v) is 1.95. The van der Waals surface area contributed by atoms with Crippen LogP contribution in [0, 0.1) is 0 Å². The van der Waals surface area contributed by atoms with Gasteiger partial charge in [0, 0.05) is 19.0 Å². The molecular formula is C13H24N2O. The van der Waals surface area contributed by atoms with Gasteiger partial charge in [0.2, 0.25) is 5.91 Å². The minimum atomic E-state index is 0.00824. The van der Waals surface area contributed by atoms with Crippen molar-refractivity contribution in [1.29, 1.82) is 0 Å². The molecule has 0 heterocycles. The zero-order valence-electron chi connectivity index (χ0n) is 10.3. The highest BCUT2D eigenvalue weighted by molar-refractivity contribution is 5.76. The molecule has 1 atom stereocenters. The zero-order chi connectivity index (χ0) is 11.8. The number of amides is 1. The van der Waals surface area contributed by atoms with E-state index in [9.17, 15) is 4.79 Å². The lowest BCUT2D eigenvalue weighted by molar-refractivity contribution is -0.121. The first-order valence-corrected chi connectivity index (χ1v) is 6.42. The van der Waals surface area contributed by atoms with Gasteiger partial charge in [-0.05, 0) is 38.5 Å². The van der Waals surface area contributed by atoms with Gasteiger partial charge in [-0.3, -0.25) is 4.79 Å². The van der Waals surface area contributed by atoms with Crippen molar-refractivity contribution < 1.29 is 4.79 Å². The summed E-state index contributed by atoms with van der Waals surface area (Å²) in [6.45, 7) is 2.77. The van der Waals surface area contributed by atoms with Crippen LogP contribution in [0.5, 0.6) is 0 Å². The maximum atomic E-state index is 11.4. The van der Waals surface area contributed by atoms with Gasteiger partial charge < -0.3 is 11.1 Å².